The number of hydrogen-bond donors (Lipinski definition) is 0. The quantitative estimate of drug-likeness (QED) is 0.135. The van der Waals surface area contributed by atoms with Gasteiger partial charge in [-0.25, -0.2) is 0 Å². The number of rotatable bonds is 19. The molecule has 0 spiro atoms. The molecule has 2 heteroatoms. The van der Waals surface area contributed by atoms with Crippen LogP contribution in [0.2, 0.25) is 0 Å². The van der Waals surface area contributed by atoms with Gasteiger partial charge in [0, 0.05) is 13.2 Å². The highest BCUT2D eigenvalue weighted by Crippen LogP contribution is 2.44. The summed E-state index contributed by atoms with van der Waals surface area (Å²) in [6.07, 6.45) is 38.6. The van der Waals surface area contributed by atoms with Gasteiger partial charge in [0.15, 0.2) is 0 Å². The van der Waals surface area contributed by atoms with Crippen LogP contribution in [0.15, 0.2) is 0 Å². The van der Waals surface area contributed by atoms with E-state index in [-0.39, 0.29) is 12.2 Å². The Morgan fingerprint density at radius 1 is 0.386 bits per heavy atom. The van der Waals surface area contributed by atoms with E-state index in [1.54, 1.807) is 0 Å². The van der Waals surface area contributed by atoms with E-state index in [0.717, 1.165) is 60.6 Å². The van der Waals surface area contributed by atoms with Crippen molar-refractivity contribution in [3.8, 4) is 0 Å². The lowest BCUT2D eigenvalue weighted by molar-refractivity contribution is -0.0635. The maximum Gasteiger partial charge on any atom is 0.0805 e. The summed E-state index contributed by atoms with van der Waals surface area (Å²) in [5, 5.41) is 0. The summed E-state index contributed by atoms with van der Waals surface area (Å²) in [5.74, 6) is 8.07. The maximum atomic E-state index is 6.34. The van der Waals surface area contributed by atoms with Crippen molar-refractivity contribution in [3.05, 3.63) is 0 Å². The monoisotopic (exact) mass is 615 g/mol. The molecule has 0 radical (unpaired) electrons. The molecule has 0 N–H and O–H groups in total. The standard InChI is InChI=1S/C42H78O2/c1-5-7-9-11-35-13-21-39(22-14-35)41-25-17-37(18-26-41)29-31-43-33(3)34(4)44-32-30-38-19-27-42(28-20-38)40-23-15-36(16-24-40)12-10-8-6-2/h33-42H,5-32H2,1-4H3/t33?,34?,35-,36-,37?,38?,39-,40-,41?,42?. The SMILES string of the molecule is CCCCC[C@H]1CC[C@H](C2CCC(CCOC(C)C(C)OCCC3CCC([C@H]4CC[C@H](CCCCC)CC4)CC3)CC2)CC1. The van der Waals surface area contributed by atoms with Crippen LogP contribution in [-0.4, -0.2) is 25.4 Å². The molecule has 0 heterocycles. The fourth-order valence-electron chi connectivity index (χ4n) is 10.3. The lowest BCUT2D eigenvalue weighted by atomic mass is 9.68. The highest BCUT2D eigenvalue weighted by atomic mass is 16.5. The Labute approximate surface area is 276 Å². The number of unbranched alkanes of at least 4 members (excludes halogenated alkanes) is 4. The second-order valence-corrected chi connectivity index (χ2v) is 16.8. The molecule has 0 saturated heterocycles. The normalized spacial score (nSPS) is 34.9. The van der Waals surface area contributed by atoms with Crippen LogP contribution in [0.1, 0.15) is 195 Å². The van der Waals surface area contributed by atoms with Gasteiger partial charge in [0.25, 0.3) is 0 Å². The largest absolute Gasteiger partial charge is 0.376 e. The molecule has 4 aliphatic rings. The topological polar surface area (TPSA) is 18.5 Å². The van der Waals surface area contributed by atoms with Crippen LogP contribution in [0.25, 0.3) is 0 Å². The third kappa shape index (κ3) is 12.8. The number of ether oxygens (including phenoxy) is 2. The minimum Gasteiger partial charge on any atom is -0.376 e. The van der Waals surface area contributed by atoms with Crippen molar-refractivity contribution in [2.24, 2.45) is 47.3 Å². The van der Waals surface area contributed by atoms with Crippen molar-refractivity contribution in [1.29, 1.82) is 0 Å². The highest BCUT2D eigenvalue weighted by molar-refractivity contribution is 4.84. The molecule has 4 saturated carbocycles. The number of hydrogen-bond acceptors (Lipinski definition) is 2. The highest BCUT2D eigenvalue weighted by Gasteiger charge is 2.32. The van der Waals surface area contributed by atoms with Gasteiger partial charge in [0.1, 0.15) is 0 Å². The second kappa shape index (κ2) is 21.0. The summed E-state index contributed by atoms with van der Waals surface area (Å²) < 4.78 is 12.7. The van der Waals surface area contributed by atoms with E-state index in [1.807, 2.05) is 0 Å². The van der Waals surface area contributed by atoms with E-state index in [9.17, 15) is 0 Å². The van der Waals surface area contributed by atoms with Crippen molar-refractivity contribution >= 4 is 0 Å². The molecule has 2 atom stereocenters. The molecule has 258 valence electrons. The summed E-state index contributed by atoms with van der Waals surface area (Å²) in [4.78, 5) is 0. The van der Waals surface area contributed by atoms with Gasteiger partial charge in [-0.15, -0.1) is 0 Å². The molecular weight excluding hydrogens is 536 g/mol. The molecule has 2 unspecified atom stereocenters. The first-order valence-corrected chi connectivity index (χ1v) is 20.8. The zero-order chi connectivity index (χ0) is 31.0. The van der Waals surface area contributed by atoms with Crippen molar-refractivity contribution in [2.75, 3.05) is 13.2 Å². The van der Waals surface area contributed by atoms with Crippen molar-refractivity contribution < 1.29 is 9.47 Å². The summed E-state index contributed by atoms with van der Waals surface area (Å²) in [5.41, 5.74) is 0. The average Bonchev–Trinajstić information content (AvgIpc) is 3.06. The van der Waals surface area contributed by atoms with Crippen LogP contribution < -0.4 is 0 Å². The molecule has 4 rings (SSSR count). The van der Waals surface area contributed by atoms with Gasteiger partial charge in [0.2, 0.25) is 0 Å². The zero-order valence-electron chi connectivity index (χ0n) is 30.4. The van der Waals surface area contributed by atoms with Crippen LogP contribution in [0.5, 0.6) is 0 Å². The lowest BCUT2D eigenvalue weighted by Crippen LogP contribution is -2.29. The predicted molar refractivity (Wildman–Crippen MR) is 190 cm³/mol. The van der Waals surface area contributed by atoms with Gasteiger partial charge >= 0.3 is 0 Å². The molecular formula is C42H78O2. The van der Waals surface area contributed by atoms with E-state index in [2.05, 4.69) is 27.7 Å². The van der Waals surface area contributed by atoms with E-state index in [1.165, 1.54) is 167 Å². The molecule has 2 nitrogen and oxygen atoms in total. The Bertz CT molecular complexity index is 629. The van der Waals surface area contributed by atoms with E-state index >= 15 is 0 Å². The van der Waals surface area contributed by atoms with Gasteiger partial charge in [-0.3, -0.25) is 0 Å². The summed E-state index contributed by atoms with van der Waals surface area (Å²) in [6.45, 7) is 11.0. The second-order valence-electron chi connectivity index (χ2n) is 16.8. The van der Waals surface area contributed by atoms with E-state index in [4.69, 9.17) is 9.47 Å². The van der Waals surface area contributed by atoms with E-state index < -0.39 is 0 Å². The Balaban J connectivity index is 0.979. The Morgan fingerprint density at radius 3 is 0.932 bits per heavy atom. The predicted octanol–water partition coefficient (Wildman–Crippen LogP) is 13.0. The Morgan fingerprint density at radius 2 is 0.659 bits per heavy atom. The molecule has 4 aliphatic carbocycles. The Hall–Kier alpha value is -0.0800. The van der Waals surface area contributed by atoms with Crippen LogP contribution in [-0.2, 0) is 9.47 Å². The first kappa shape index (κ1) is 36.8. The molecule has 0 aromatic carbocycles. The first-order chi connectivity index (χ1) is 21.6. The van der Waals surface area contributed by atoms with Gasteiger partial charge in [-0.05, 0) is 125 Å². The fourth-order valence-corrected chi connectivity index (χ4v) is 10.3. The molecule has 0 aromatic rings. The smallest absolute Gasteiger partial charge is 0.0805 e. The average molecular weight is 615 g/mol. The van der Waals surface area contributed by atoms with Crippen molar-refractivity contribution in [3.63, 3.8) is 0 Å². The zero-order valence-corrected chi connectivity index (χ0v) is 30.4. The van der Waals surface area contributed by atoms with Gasteiger partial charge in [-0.2, -0.15) is 0 Å². The van der Waals surface area contributed by atoms with Gasteiger partial charge < -0.3 is 9.47 Å². The first-order valence-electron chi connectivity index (χ1n) is 20.8. The minimum absolute atomic E-state index is 0.215. The summed E-state index contributed by atoms with van der Waals surface area (Å²) in [6, 6.07) is 0. The third-order valence-corrected chi connectivity index (χ3v) is 13.8. The van der Waals surface area contributed by atoms with Gasteiger partial charge in [-0.1, -0.05) is 117 Å². The van der Waals surface area contributed by atoms with Crippen LogP contribution in [0.3, 0.4) is 0 Å². The van der Waals surface area contributed by atoms with Crippen LogP contribution in [0.4, 0.5) is 0 Å². The van der Waals surface area contributed by atoms with Gasteiger partial charge in [0.05, 0.1) is 12.2 Å². The molecule has 44 heavy (non-hydrogen) atoms. The molecule has 0 bridgehead atoms. The summed E-state index contributed by atoms with van der Waals surface area (Å²) in [7, 11) is 0. The minimum atomic E-state index is 0.215. The van der Waals surface area contributed by atoms with Crippen LogP contribution >= 0.6 is 0 Å². The molecule has 0 aliphatic heterocycles. The maximum absolute atomic E-state index is 6.34. The summed E-state index contributed by atoms with van der Waals surface area (Å²) >= 11 is 0. The van der Waals surface area contributed by atoms with Crippen molar-refractivity contribution in [2.45, 2.75) is 207 Å². The molecule has 0 amide bonds. The van der Waals surface area contributed by atoms with Crippen molar-refractivity contribution in [1.82, 2.24) is 0 Å². The van der Waals surface area contributed by atoms with E-state index in [0.29, 0.717) is 0 Å². The Kier molecular flexibility index (Phi) is 17.5. The van der Waals surface area contributed by atoms with Crippen LogP contribution in [0, 0.1) is 47.3 Å². The third-order valence-electron chi connectivity index (χ3n) is 13.8. The lowest BCUT2D eigenvalue weighted by Gasteiger charge is -2.38. The molecule has 4 fully saturated rings. The fraction of sp³-hybridized carbons (Fsp3) is 1.00. The molecule has 0 aromatic heterocycles.